The standard InChI is InChI=1S/C22H23N3O3/c1-15-7-8-16-12-17(21(26)24-20(16)11-15)13-25(14-18-5-4-10-28-18)22(27)19-6-2-3-9-23-19/h2-3,6-9,11-12,18H,4-5,10,13-14H2,1H3,(H,24,26)/t18-/m0/s1. The molecule has 1 aromatic carbocycles. The summed E-state index contributed by atoms with van der Waals surface area (Å²) in [6.45, 7) is 3.36. The molecule has 1 aliphatic heterocycles. The molecule has 1 aliphatic rings. The molecule has 1 N–H and O–H groups in total. The van der Waals surface area contributed by atoms with Gasteiger partial charge < -0.3 is 14.6 Å². The first-order chi connectivity index (χ1) is 13.6. The number of hydrogen-bond donors (Lipinski definition) is 1. The number of hydrogen-bond acceptors (Lipinski definition) is 4. The summed E-state index contributed by atoms with van der Waals surface area (Å²) in [7, 11) is 0. The van der Waals surface area contributed by atoms with Crippen molar-refractivity contribution in [1.29, 1.82) is 0 Å². The van der Waals surface area contributed by atoms with E-state index >= 15 is 0 Å². The smallest absolute Gasteiger partial charge is 0.272 e. The Morgan fingerprint density at radius 3 is 2.93 bits per heavy atom. The molecule has 0 saturated carbocycles. The third-order valence-corrected chi connectivity index (χ3v) is 5.06. The van der Waals surface area contributed by atoms with Gasteiger partial charge in [0, 0.05) is 30.4 Å². The molecule has 1 amide bonds. The monoisotopic (exact) mass is 377 g/mol. The Morgan fingerprint density at radius 2 is 2.18 bits per heavy atom. The van der Waals surface area contributed by atoms with E-state index in [1.165, 1.54) is 0 Å². The highest BCUT2D eigenvalue weighted by Gasteiger charge is 2.25. The number of aryl methyl sites for hydroxylation is 1. The number of H-pyrrole nitrogens is 1. The Balaban J connectivity index is 1.65. The van der Waals surface area contributed by atoms with E-state index in [9.17, 15) is 9.59 Å². The van der Waals surface area contributed by atoms with Gasteiger partial charge in [-0.2, -0.15) is 0 Å². The summed E-state index contributed by atoms with van der Waals surface area (Å²) in [5.41, 5.74) is 2.63. The van der Waals surface area contributed by atoms with E-state index in [1.807, 2.05) is 31.2 Å². The molecule has 0 aliphatic carbocycles. The molecule has 1 saturated heterocycles. The van der Waals surface area contributed by atoms with Crippen LogP contribution in [0.1, 0.15) is 34.5 Å². The topological polar surface area (TPSA) is 75.3 Å². The number of nitrogens with one attached hydrogen (secondary N) is 1. The van der Waals surface area contributed by atoms with E-state index in [1.54, 1.807) is 29.3 Å². The lowest BCUT2D eigenvalue weighted by molar-refractivity contribution is 0.0502. The third kappa shape index (κ3) is 3.97. The van der Waals surface area contributed by atoms with E-state index < -0.39 is 0 Å². The third-order valence-electron chi connectivity index (χ3n) is 5.06. The van der Waals surface area contributed by atoms with Gasteiger partial charge >= 0.3 is 0 Å². The molecule has 3 aromatic rings. The molecule has 1 atom stereocenters. The van der Waals surface area contributed by atoms with Gasteiger partial charge in [-0.1, -0.05) is 18.2 Å². The Hall–Kier alpha value is -2.99. The molecular weight excluding hydrogens is 354 g/mol. The van der Waals surface area contributed by atoms with Gasteiger partial charge in [-0.3, -0.25) is 14.6 Å². The second kappa shape index (κ2) is 7.94. The predicted octanol–water partition coefficient (Wildman–Crippen LogP) is 3.05. The van der Waals surface area contributed by atoms with Crippen LogP contribution in [0.3, 0.4) is 0 Å². The lowest BCUT2D eigenvalue weighted by Crippen LogP contribution is -2.38. The van der Waals surface area contributed by atoms with Gasteiger partial charge in [0.25, 0.3) is 11.5 Å². The van der Waals surface area contributed by atoms with E-state index in [0.717, 1.165) is 29.3 Å². The van der Waals surface area contributed by atoms with Gasteiger partial charge in [-0.25, -0.2) is 0 Å². The molecule has 1 fully saturated rings. The van der Waals surface area contributed by atoms with Crippen molar-refractivity contribution >= 4 is 16.8 Å². The quantitative estimate of drug-likeness (QED) is 0.742. The van der Waals surface area contributed by atoms with Crippen LogP contribution in [0.5, 0.6) is 0 Å². The van der Waals surface area contributed by atoms with Crippen molar-refractivity contribution in [3.63, 3.8) is 0 Å². The summed E-state index contributed by atoms with van der Waals surface area (Å²) in [5.74, 6) is -0.195. The zero-order valence-electron chi connectivity index (χ0n) is 15.9. The number of nitrogens with zero attached hydrogens (tertiary/aromatic N) is 2. The Kier molecular flexibility index (Phi) is 5.21. The minimum Gasteiger partial charge on any atom is -0.376 e. The van der Waals surface area contributed by atoms with Crippen molar-refractivity contribution in [2.75, 3.05) is 13.2 Å². The van der Waals surface area contributed by atoms with Crippen LogP contribution >= 0.6 is 0 Å². The molecule has 4 rings (SSSR count). The maximum atomic E-state index is 13.1. The van der Waals surface area contributed by atoms with E-state index in [2.05, 4.69) is 9.97 Å². The number of benzene rings is 1. The van der Waals surface area contributed by atoms with Crippen molar-refractivity contribution in [2.45, 2.75) is 32.4 Å². The van der Waals surface area contributed by atoms with Crippen LogP contribution in [0.2, 0.25) is 0 Å². The number of pyridine rings is 2. The van der Waals surface area contributed by atoms with Crippen molar-refractivity contribution in [1.82, 2.24) is 14.9 Å². The zero-order valence-corrected chi connectivity index (χ0v) is 15.9. The molecule has 28 heavy (non-hydrogen) atoms. The van der Waals surface area contributed by atoms with Crippen molar-refractivity contribution in [3.8, 4) is 0 Å². The number of aromatic amines is 1. The van der Waals surface area contributed by atoms with Crippen LogP contribution in [-0.2, 0) is 11.3 Å². The summed E-state index contributed by atoms with van der Waals surface area (Å²) in [4.78, 5) is 34.5. The van der Waals surface area contributed by atoms with E-state index in [4.69, 9.17) is 4.74 Å². The van der Waals surface area contributed by atoms with Gasteiger partial charge in [0.15, 0.2) is 0 Å². The van der Waals surface area contributed by atoms with Crippen LogP contribution in [0.15, 0.2) is 53.5 Å². The van der Waals surface area contributed by atoms with Crippen molar-refractivity contribution < 1.29 is 9.53 Å². The highest BCUT2D eigenvalue weighted by molar-refractivity contribution is 5.92. The van der Waals surface area contributed by atoms with Crippen molar-refractivity contribution in [3.05, 3.63) is 75.8 Å². The summed E-state index contributed by atoms with van der Waals surface area (Å²) < 4.78 is 5.72. The molecule has 0 radical (unpaired) electrons. The van der Waals surface area contributed by atoms with Crippen LogP contribution < -0.4 is 5.56 Å². The molecular formula is C22H23N3O3. The first kappa shape index (κ1) is 18.4. The van der Waals surface area contributed by atoms with Gasteiger partial charge in [0.05, 0.1) is 12.6 Å². The van der Waals surface area contributed by atoms with Crippen LogP contribution in [0.25, 0.3) is 10.9 Å². The van der Waals surface area contributed by atoms with E-state index in [0.29, 0.717) is 24.4 Å². The average molecular weight is 377 g/mol. The molecule has 3 heterocycles. The molecule has 0 unspecified atom stereocenters. The maximum absolute atomic E-state index is 13.1. The Bertz CT molecular complexity index is 1040. The number of carbonyl (C=O) groups is 1. The normalized spacial score (nSPS) is 16.4. The molecule has 6 heteroatoms. The van der Waals surface area contributed by atoms with E-state index in [-0.39, 0.29) is 24.1 Å². The van der Waals surface area contributed by atoms with Gasteiger partial charge in [0.1, 0.15) is 5.69 Å². The van der Waals surface area contributed by atoms with Crippen LogP contribution in [-0.4, -0.2) is 40.0 Å². The zero-order chi connectivity index (χ0) is 19.5. The highest BCUT2D eigenvalue weighted by Crippen LogP contribution is 2.18. The Labute approximate surface area is 163 Å². The largest absolute Gasteiger partial charge is 0.376 e. The number of aromatic nitrogens is 2. The molecule has 2 aromatic heterocycles. The first-order valence-electron chi connectivity index (χ1n) is 9.54. The van der Waals surface area contributed by atoms with Crippen LogP contribution in [0, 0.1) is 6.92 Å². The molecule has 144 valence electrons. The predicted molar refractivity (Wildman–Crippen MR) is 107 cm³/mol. The summed E-state index contributed by atoms with van der Waals surface area (Å²) >= 11 is 0. The number of amides is 1. The summed E-state index contributed by atoms with van der Waals surface area (Å²) in [5, 5.41) is 0.947. The van der Waals surface area contributed by atoms with Gasteiger partial charge in [-0.05, 0) is 55.0 Å². The second-order valence-electron chi connectivity index (χ2n) is 7.25. The minimum absolute atomic E-state index is 0.00477. The van der Waals surface area contributed by atoms with Crippen LogP contribution in [0.4, 0.5) is 0 Å². The molecule has 6 nitrogen and oxygen atoms in total. The van der Waals surface area contributed by atoms with Crippen molar-refractivity contribution in [2.24, 2.45) is 0 Å². The fraction of sp³-hybridized carbons (Fsp3) is 0.318. The molecule has 0 spiro atoms. The lowest BCUT2D eigenvalue weighted by Gasteiger charge is -2.25. The number of ether oxygens (including phenoxy) is 1. The van der Waals surface area contributed by atoms with Gasteiger partial charge in [-0.15, -0.1) is 0 Å². The second-order valence-corrected chi connectivity index (χ2v) is 7.25. The number of carbonyl (C=O) groups excluding carboxylic acids is 1. The SMILES string of the molecule is Cc1ccc2cc(CN(C[C@@H]3CCCO3)C(=O)c3ccccn3)c(=O)[nH]c2c1. The fourth-order valence-electron chi connectivity index (χ4n) is 3.59. The fourth-order valence-corrected chi connectivity index (χ4v) is 3.59. The maximum Gasteiger partial charge on any atom is 0.272 e. The number of fused-ring (bicyclic) bond motifs is 1. The van der Waals surface area contributed by atoms with Gasteiger partial charge in [0.2, 0.25) is 0 Å². The average Bonchev–Trinajstić information content (AvgIpc) is 3.21. The highest BCUT2D eigenvalue weighted by atomic mass is 16.5. The number of rotatable bonds is 5. The molecule has 0 bridgehead atoms. The Morgan fingerprint density at radius 1 is 1.29 bits per heavy atom. The lowest BCUT2D eigenvalue weighted by atomic mass is 10.1. The first-order valence-corrected chi connectivity index (χ1v) is 9.54. The minimum atomic E-state index is -0.195. The summed E-state index contributed by atoms with van der Waals surface area (Å²) in [6.07, 6.45) is 3.50. The summed E-state index contributed by atoms with van der Waals surface area (Å²) in [6, 6.07) is 13.1.